The fourth-order valence-corrected chi connectivity index (χ4v) is 2.60. The van der Waals surface area contributed by atoms with Crippen molar-refractivity contribution in [1.29, 1.82) is 0 Å². The van der Waals surface area contributed by atoms with E-state index in [2.05, 4.69) is 43.7 Å². The average Bonchev–Trinajstić information content (AvgIpc) is 2.29. The average molecular weight is 264 g/mol. The molecule has 3 heteroatoms. The largest absolute Gasteiger partial charge is 0.366 e. The van der Waals surface area contributed by atoms with E-state index in [-0.39, 0.29) is 11.2 Å². The van der Waals surface area contributed by atoms with Gasteiger partial charge in [-0.1, -0.05) is 26.8 Å². The van der Waals surface area contributed by atoms with Crippen molar-refractivity contribution in [2.24, 2.45) is 0 Å². The van der Waals surface area contributed by atoms with Gasteiger partial charge in [0.15, 0.2) is 0 Å². The number of nitrogens with zero attached hydrogens (tertiary/aromatic N) is 2. The van der Waals surface area contributed by atoms with Crippen LogP contribution in [-0.2, 0) is 5.41 Å². The molecule has 0 saturated carbocycles. The lowest BCUT2D eigenvalue weighted by Crippen LogP contribution is -2.45. The third kappa shape index (κ3) is 3.08. The van der Waals surface area contributed by atoms with E-state index >= 15 is 0 Å². The maximum Gasteiger partial charge on any atom is 0.147 e. The monoisotopic (exact) mass is 264 g/mol. The van der Waals surface area contributed by atoms with Crippen LogP contribution in [0.1, 0.15) is 31.9 Å². The summed E-state index contributed by atoms with van der Waals surface area (Å²) in [5.74, 6) is -0.0746. The van der Waals surface area contributed by atoms with E-state index in [0.29, 0.717) is 0 Å². The van der Waals surface area contributed by atoms with E-state index in [1.54, 1.807) is 6.07 Å². The van der Waals surface area contributed by atoms with Gasteiger partial charge in [-0.3, -0.25) is 0 Å². The van der Waals surface area contributed by atoms with E-state index < -0.39 is 0 Å². The molecule has 0 bridgehead atoms. The van der Waals surface area contributed by atoms with Crippen molar-refractivity contribution in [1.82, 2.24) is 4.90 Å². The number of halogens is 1. The van der Waals surface area contributed by atoms with Crippen molar-refractivity contribution >= 4 is 5.69 Å². The lowest BCUT2D eigenvalue weighted by Gasteiger charge is -2.35. The second-order valence-corrected chi connectivity index (χ2v) is 6.66. The predicted molar refractivity (Wildman–Crippen MR) is 79.5 cm³/mol. The fraction of sp³-hybridized carbons (Fsp3) is 0.625. The van der Waals surface area contributed by atoms with Gasteiger partial charge < -0.3 is 9.80 Å². The molecule has 0 N–H and O–H groups in total. The molecular formula is C16H25FN2. The molecule has 0 atom stereocenters. The zero-order chi connectivity index (χ0) is 14.2. The van der Waals surface area contributed by atoms with Gasteiger partial charge in [0.05, 0.1) is 5.69 Å². The van der Waals surface area contributed by atoms with E-state index in [1.807, 2.05) is 6.92 Å². The van der Waals surface area contributed by atoms with Crippen molar-refractivity contribution in [3.8, 4) is 0 Å². The second-order valence-electron chi connectivity index (χ2n) is 6.66. The highest BCUT2D eigenvalue weighted by Gasteiger charge is 2.22. The standard InChI is InChI=1S/C16H25FN2/c1-12-10-13(16(2,3)4)11-14(17)15(12)19-8-6-18(5)7-9-19/h10-11H,6-9H2,1-5H3. The summed E-state index contributed by atoms with van der Waals surface area (Å²) in [4.78, 5) is 4.46. The van der Waals surface area contributed by atoms with E-state index in [1.165, 1.54) is 0 Å². The van der Waals surface area contributed by atoms with Crippen LogP contribution in [0.15, 0.2) is 12.1 Å². The van der Waals surface area contributed by atoms with Crippen LogP contribution in [0.2, 0.25) is 0 Å². The van der Waals surface area contributed by atoms with Gasteiger partial charge in [-0.2, -0.15) is 0 Å². The maximum atomic E-state index is 14.5. The smallest absolute Gasteiger partial charge is 0.147 e. The third-order valence-electron chi connectivity index (χ3n) is 3.94. The number of likely N-dealkylation sites (N-methyl/N-ethyl adjacent to an activating group) is 1. The molecule has 0 aliphatic carbocycles. The molecule has 1 aliphatic heterocycles. The summed E-state index contributed by atoms with van der Waals surface area (Å²) in [5.41, 5.74) is 2.91. The SMILES string of the molecule is Cc1cc(C(C)(C)C)cc(F)c1N1CCN(C)CC1. The first-order valence-corrected chi connectivity index (χ1v) is 7.03. The summed E-state index contributed by atoms with van der Waals surface area (Å²) in [5, 5.41) is 0. The van der Waals surface area contributed by atoms with E-state index in [9.17, 15) is 4.39 Å². The molecular weight excluding hydrogens is 239 g/mol. The number of piperazine rings is 1. The quantitative estimate of drug-likeness (QED) is 0.768. The molecule has 0 spiro atoms. The molecule has 0 unspecified atom stereocenters. The first-order valence-electron chi connectivity index (χ1n) is 7.03. The Morgan fingerprint density at radius 3 is 2.11 bits per heavy atom. The molecule has 1 aliphatic rings. The Morgan fingerprint density at radius 2 is 1.63 bits per heavy atom. The number of hydrogen-bond acceptors (Lipinski definition) is 2. The van der Waals surface area contributed by atoms with Gasteiger partial charge in [0, 0.05) is 26.2 Å². The number of anilines is 1. The third-order valence-corrected chi connectivity index (χ3v) is 3.94. The molecule has 1 heterocycles. The molecule has 2 rings (SSSR count). The normalized spacial score (nSPS) is 17.9. The first kappa shape index (κ1) is 14.3. The summed E-state index contributed by atoms with van der Waals surface area (Å²) < 4.78 is 14.5. The number of benzene rings is 1. The van der Waals surface area contributed by atoms with Crippen molar-refractivity contribution < 1.29 is 4.39 Å². The molecule has 0 amide bonds. The van der Waals surface area contributed by atoms with Crippen molar-refractivity contribution in [3.63, 3.8) is 0 Å². The zero-order valence-corrected chi connectivity index (χ0v) is 12.8. The van der Waals surface area contributed by atoms with Gasteiger partial charge >= 0.3 is 0 Å². The molecule has 2 nitrogen and oxygen atoms in total. The molecule has 106 valence electrons. The highest BCUT2D eigenvalue weighted by molar-refractivity contribution is 5.57. The molecule has 1 saturated heterocycles. The summed E-state index contributed by atoms with van der Waals surface area (Å²) >= 11 is 0. The van der Waals surface area contributed by atoms with Crippen LogP contribution in [-0.4, -0.2) is 38.1 Å². The van der Waals surface area contributed by atoms with Gasteiger partial charge in [-0.15, -0.1) is 0 Å². The summed E-state index contributed by atoms with van der Waals surface area (Å²) in [6.07, 6.45) is 0. The Balaban J connectivity index is 2.32. The maximum absolute atomic E-state index is 14.5. The van der Waals surface area contributed by atoms with Gasteiger partial charge in [0.25, 0.3) is 0 Å². The molecule has 1 aromatic carbocycles. The molecule has 19 heavy (non-hydrogen) atoms. The van der Waals surface area contributed by atoms with Gasteiger partial charge in [-0.05, 0) is 36.6 Å². The van der Waals surface area contributed by atoms with Gasteiger partial charge in [-0.25, -0.2) is 4.39 Å². The number of rotatable bonds is 1. The van der Waals surface area contributed by atoms with Crippen molar-refractivity contribution in [2.45, 2.75) is 33.1 Å². The number of aryl methyl sites for hydroxylation is 1. The summed E-state index contributed by atoms with van der Waals surface area (Å²) in [6.45, 7) is 12.2. The highest BCUT2D eigenvalue weighted by atomic mass is 19.1. The molecule has 1 fully saturated rings. The molecule has 0 aromatic heterocycles. The second kappa shape index (κ2) is 5.12. The summed E-state index contributed by atoms with van der Waals surface area (Å²) in [7, 11) is 2.11. The van der Waals surface area contributed by atoms with Crippen LogP contribution in [0.4, 0.5) is 10.1 Å². The van der Waals surface area contributed by atoms with Crippen LogP contribution in [0.25, 0.3) is 0 Å². The molecule has 1 aromatic rings. The lowest BCUT2D eigenvalue weighted by molar-refractivity contribution is 0.311. The Bertz CT molecular complexity index is 431. The topological polar surface area (TPSA) is 6.48 Å². The Hall–Kier alpha value is -1.09. The summed E-state index contributed by atoms with van der Waals surface area (Å²) in [6, 6.07) is 3.84. The van der Waals surface area contributed by atoms with Crippen LogP contribution >= 0.6 is 0 Å². The number of hydrogen-bond donors (Lipinski definition) is 0. The van der Waals surface area contributed by atoms with Crippen LogP contribution < -0.4 is 4.90 Å². The van der Waals surface area contributed by atoms with Crippen molar-refractivity contribution in [2.75, 3.05) is 38.1 Å². The Labute approximate surface area is 116 Å². The van der Waals surface area contributed by atoms with Crippen molar-refractivity contribution in [3.05, 3.63) is 29.1 Å². The van der Waals surface area contributed by atoms with E-state index in [4.69, 9.17) is 0 Å². The Morgan fingerprint density at radius 1 is 1.05 bits per heavy atom. The fourth-order valence-electron chi connectivity index (χ4n) is 2.60. The zero-order valence-electron chi connectivity index (χ0n) is 12.8. The Kier molecular flexibility index (Phi) is 3.86. The van der Waals surface area contributed by atoms with E-state index in [0.717, 1.165) is 43.0 Å². The minimum atomic E-state index is -0.0746. The van der Waals surface area contributed by atoms with Crippen LogP contribution in [0.5, 0.6) is 0 Å². The predicted octanol–water partition coefficient (Wildman–Crippen LogP) is 3.18. The minimum absolute atomic E-state index is 0.00769. The first-order chi connectivity index (χ1) is 8.79. The van der Waals surface area contributed by atoms with Crippen LogP contribution in [0.3, 0.4) is 0 Å². The molecule has 0 radical (unpaired) electrons. The van der Waals surface area contributed by atoms with Gasteiger partial charge in [0.1, 0.15) is 5.82 Å². The highest BCUT2D eigenvalue weighted by Crippen LogP contribution is 2.31. The van der Waals surface area contributed by atoms with Gasteiger partial charge in [0.2, 0.25) is 0 Å². The minimum Gasteiger partial charge on any atom is -0.366 e. The van der Waals surface area contributed by atoms with Crippen LogP contribution in [0, 0.1) is 12.7 Å². The lowest BCUT2D eigenvalue weighted by atomic mass is 9.85.